The first-order valence-electron chi connectivity index (χ1n) is 19.0. The Morgan fingerprint density at radius 2 is 0.925 bits per heavy atom. The molecular formula is C50H49NO2. The fraction of sp³-hybridized carbons (Fsp3) is 0.200. The van der Waals surface area contributed by atoms with E-state index in [-0.39, 0.29) is 0 Å². The normalized spacial score (nSPS) is 11.7. The van der Waals surface area contributed by atoms with Gasteiger partial charge in [0, 0.05) is 40.6 Å². The highest BCUT2D eigenvalue weighted by molar-refractivity contribution is 6.11. The quantitative estimate of drug-likeness (QED) is 0.106. The van der Waals surface area contributed by atoms with Crippen molar-refractivity contribution in [2.24, 2.45) is 5.92 Å². The molecule has 1 atom stereocenters. The Kier molecular flexibility index (Phi) is 11.2. The molecule has 7 aromatic rings. The van der Waals surface area contributed by atoms with E-state index < -0.39 is 0 Å². The SMILES string of the molecule is CCCC[C@@H](CC)Cn1c2cc(OC)c(C=C(c3ccccc3)c3ccccc3)cc2c2cc(C=C(c3ccccc3)c3ccccc3)c(OC)cc21. The summed E-state index contributed by atoms with van der Waals surface area (Å²) in [6.45, 7) is 5.54. The van der Waals surface area contributed by atoms with E-state index in [0.717, 1.165) is 69.0 Å². The average molecular weight is 696 g/mol. The standard InChI is InChI=1S/C50H49NO2/c1-5-7-20-36(6-2)35-51-47-33-49(52-3)41(29-43(37-21-12-8-13-22-37)38-23-14-9-15-24-38)31-45(47)46-32-42(50(53-4)34-48(46)51)30-44(39-25-16-10-17-26-39)40-27-18-11-19-28-40/h8-19,21-34,36H,5-7,20,35H2,1-4H3/t36-/m1/s1. The summed E-state index contributed by atoms with van der Waals surface area (Å²) in [5.74, 6) is 2.28. The van der Waals surface area contributed by atoms with Gasteiger partial charge in [0.05, 0.1) is 25.3 Å². The molecule has 0 aliphatic rings. The largest absolute Gasteiger partial charge is 0.496 e. The molecule has 3 nitrogen and oxygen atoms in total. The molecule has 0 amide bonds. The fourth-order valence-corrected chi connectivity index (χ4v) is 7.58. The Bertz CT molecular complexity index is 2090. The molecule has 6 aromatic carbocycles. The van der Waals surface area contributed by atoms with E-state index >= 15 is 0 Å². The van der Waals surface area contributed by atoms with E-state index in [0.29, 0.717) is 5.92 Å². The van der Waals surface area contributed by atoms with Crippen molar-refractivity contribution >= 4 is 45.1 Å². The predicted molar refractivity (Wildman–Crippen MR) is 226 cm³/mol. The minimum atomic E-state index is 0.565. The summed E-state index contributed by atoms with van der Waals surface area (Å²) in [4.78, 5) is 0. The van der Waals surface area contributed by atoms with E-state index in [1.165, 1.54) is 41.1 Å². The van der Waals surface area contributed by atoms with Crippen LogP contribution in [0, 0.1) is 5.92 Å². The van der Waals surface area contributed by atoms with Crippen LogP contribution in [0.1, 0.15) is 72.9 Å². The lowest BCUT2D eigenvalue weighted by Crippen LogP contribution is -2.10. The van der Waals surface area contributed by atoms with Gasteiger partial charge in [0.25, 0.3) is 0 Å². The Labute approximate surface area is 314 Å². The van der Waals surface area contributed by atoms with Crippen LogP contribution >= 0.6 is 0 Å². The van der Waals surface area contributed by atoms with Crippen LogP contribution in [-0.4, -0.2) is 18.8 Å². The number of benzene rings is 6. The highest BCUT2D eigenvalue weighted by atomic mass is 16.5. The first-order valence-corrected chi connectivity index (χ1v) is 19.0. The lowest BCUT2D eigenvalue weighted by atomic mass is 9.94. The van der Waals surface area contributed by atoms with Gasteiger partial charge in [-0.2, -0.15) is 0 Å². The summed E-state index contributed by atoms with van der Waals surface area (Å²) in [6.07, 6.45) is 9.35. The van der Waals surface area contributed by atoms with Crippen molar-refractivity contribution in [3.8, 4) is 11.5 Å². The molecule has 0 N–H and O–H groups in total. The van der Waals surface area contributed by atoms with Crippen molar-refractivity contribution in [3.05, 3.63) is 179 Å². The second-order valence-electron chi connectivity index (χ2n) is 13.8. The van der Waals surface area contributed by atoms with Crippen LogP contribution in [0.5, 0.6) is 11.5 Å². The number of methoxy groups -OCH3 is 2. The summed E-state index contributed by atoms with van der Waals surface area (Å²) >= 11 is 0. The Morgan fingerprint density at radius 1 is 0.547 bits per heavy atom. The molecule has 53 heavy (non-hydrogen) atoms. The van der Waals surface area contributed by atoms with Gasteiger partial charge in [-0.05, 0) is 70.0 Å². The van der Waals surface area contributed by atoms with Crippen LogP contribution in [0.2, 0.25) is 0 Å². The number of hydrogen-bond donors (Lipinski definition) is 0. The smallest absolute Gasteiger partial charge is 0.128 e. The molecule has 0 saturated heterocycles. The third-order valence-corrected chi connectivity index (χ3v) is 10.5. The third kappa shape index (κ3) is 7.71. The fourth-order valence-electron chi connectivity index (χ4n) is 7.58. The second-order valence-corrected chi connectivity index (χ2v) is 13.8. The van der Waals surface area contributed by atoms with Crippen molar-refractivity contribution < 1.29 is 9.47 Å². The number of nitrogens with zero attached hydrogens (tertiary/aromatic N) is 1. The van der Waals surface area contributed by atoms with Crippen LogP contribution in [0.3, 0.4) is 0 Å². The molecule has 0 fully saturated rings. The minimum Gasteiger partial charge on any atom is -0.496 e. The van der Waals surface area contributed by atoms with Crippen LogP contribution in [0.25, 0.3) is 45.1 Å². The lowest BCUT2D eigenvalue weighted by molar-refractivity contribution is 0.398. The number of ether oxygens (including phenoxy) is 2. The van der Waals surface area contributed by atoms with E-state index in [2.05, 4.69) is 176 Å². The van der Waals surface area contributed by atoms with Gasteiger partial charge in [-0.15, -0.1) is 0 Å². The summed E-state index contributed by atoms with van der Waals surface area (Å²) in [7, 11) is 3.57. The third-order valence-electron chi connectivity index (χ3n) is 10.5. The van der Waals surface area contributed by atoms with Gasteiger partial charge in [0.1, 0.15) is 11.5 Å². The Hall–Kier alpha value is -5.80. The lowest BCUT2D eigenvalue weighted by Gasteiger charge is -2.18. The van der Waals surface area contributed by atoms with Gasteiger partial charge in [-0.1, -0.05) is 154 Å². The van der Waals surface area contributed by atoms with Crippen molar-refractivity contribution in [2.45, 2.75) is 46.1 Å². The highest BCUT2D eigenvalue weighted by Crippen LogP contribution is 2.41. The van der Waals surface area contributed by atoms with Crippen molar-refractivity contribution in [3.63, 3.8) is 0 Å². The molecule has 0 saturated carbocycles. The Balaban J connectivity index is 1.50. The molecule has 0 spiro atoms. The molecule has 3 heteroatoms. The maximum Gasteiger partial charge on any atom is 0.128 e. The topological polar surface area (TPSA) is 23.4 Å². The van der Waals surface area contributed by atoms with Crippen LogP contribution in [0.4, 0.5) is 0 Å². The zero-order valence-electron chi connectivity index (χ0n) is 31.4. The molecule has 0 radical (unpaired) electrons. The molecule has 266 valence electrons. The first kappa shape index (κ1) is 35.6. The van der Waals surface area contributed by atoms with E-state index in [1.807, 2.05) is 0 Å². The number of rotatable bonds is 14. The van der Waals surface area contributed by atoms with E-state index in [9.17, 15) is 0 Å². The van der Waals surface area contributed by atoms with Crippen molar-refractivity contribution in [1.82, 2.24) is 4.57 Å². The van der Waals surface area contributed by atoms with Gasteiger partial charge >= 0.3 is 0 Å². The Morgan fingerprint density at radius 3 is 1.25 bits per heavy atom. The molecule has 0 unspecified atom stereocenters. The van der Waals surface area contributed by atoms with Crippen molar-refractivity contribution in [2.75, 3.05) is 14.2 Å². The zero-order chi connectivity index (χ0) is 36.6. The van der Waals surface area contributed by atoms with Crippen LogP contribution in [-0.2, 0) is 6.54 Å². The number of fused-ring (bicyclic) bond motifs is 3. The predicted octanol–water partition coefficient (Wildman–Crippen LogP) is 13.2. The molecule has 7 rings (SSSR count). The average Bonchev–Trinajstić information content (AvgIpc) is 3.51. The van der Waals surface area contributed by atoms with E-state index in [4.69, 9.17) is 9.47 Å². The number of hydrogen-bond acceptors (Lipinski definition) is 2. The zero-order valence-corrected chi connectivity index (χ0v) is 31.4. The maximum atomic E-state index is 6.20. The summed E-state index contributed by atoms with van der Waals surface area (Å²) in [5, 5.41) is 2.41. The van der Waals surface area contributed by atoms with Crippen LogP contribution < -0.4 is 9.47 Å². The first-order chi connectivity index (χ1) is 26.1. The van der Waals surface area contributed by atoms with Crippen molar-refractivity contribution in [1.29, 1.82) is 0 Å². The molecule has 0 bridgehead atoms. The number of aromatic nitrogens is 1. The van der Waals surface area contributed by atoms with Gasteiger partial charge < -0.3 is 14.0 Å². The molecule has 1 aromatic heterocycles. The summed E-state index contributed by atoms with van der Waals surface area (Å²) in [5.41, 5.74) is 11.4. The minimum absolute atomic E-state index is 0.565. The second kappa shape index (κ2) is 16.7. The summed E-state index contributed by atoms with van der Waals surface area (Å²) in [6, 6.07) is 51.7. The molecular weight excluding hydrogens is 647 g/mol. The molecule has 1 heterocycles. The van der Waals surface area contributed by atoms with Gasteiger partial charge in [-0.25, -0.2) is 0 Å². The molecule has 0 aliphatic carbocycles. The maximum absolute atomic E-state index is 6.20. The highest BCUT2D eigenvalue weighted by Gasteiger charge is 2.20. The van der Waals surface area contributed by atoms with Gasteiger partial charge in [-0.3, -0.25) is 0 Å². The van der Waals surface area contributed by atoms with Gasteiger partial charge in [0.15, 0.2) is 0 Å². The number of unbranched alkanes of at least 4 members (excludes halogenated alkanes) is 1. The van der Waals surface area contributed by atoms with Crippen LogP contribution in [0.15, 0.2) is 146 Å². The van der Waals surface area contributed by atoms with Gasteiger partial charge in [0.2, 0.25) is 0 Å². The summed E-state index contributed by atoms with van der Waals surface area (Å²) < 4.78 is 14.9. The molecule has 0 aliphatic heterocycles. The van der Waals surface area contributed by atoms with E-state index in [1.54, 1.807) is 14.2 Å². The monoisotopic (exact) mass is 695 g/mol.